The number of methoxy groups -OCH3 is 1. The molecule has 22 nitrogen and oxygen atoms in total. The molecule has 0 bridgehead atoms. The van der Waals surface area contributed by atoms with Gasteiger partial charge in [0.15, 0.2) is 17.3 Å². The number of ether oxygens (including phenoxy) is 2. The van der Waals surface area contributed by atoms with Crippen LogP contribution >= 0.6 is 0 Å². The maximum atomic E-state index is 15.1. The zero-order valence-electron chi connectivity index (χ0n) is 49.5. The van der Waals surface area contributed by atoms with E-state index in [9.17, 15) is 63.6 Å². The normalized spacial score (nSPS) is 14.7. The molecule has 0 aliphatic heterocycles. The van der Waals surface area contributed by atoms with E-state index >= 15 is 4.39 Å². The lowest BCUT2D eigenvalue weighted by atomic mass is 9.76. The van der Waals surface area contributed by atoms with Gasteiger partial charge in [-0.3, -0.25) is 43.2 Å². The van der Waals surface area contributed by atoms with E-state index < -0.39 is 158 Å². The van der Waals surface area contributed by atoms with Crippen LogP contribution in [0.5, 0.6) is 11.5 Å². The van der Waals surface area contributed by atoms with Crippen molar-refractivity contribution in [2.24, 2.45) is 34.5 Å². The molecule has 0 aliphatic carbocycles. The molecule has 0 radical (unpaired) electrons. The van der Waals surface area contributed by atoms with Crippen molar-refractivity contribution >= 4 is 52.9 Å². The molecule has 0 aliphatic rings. The number of nitrogens with one attached hydrogen (secondary N) is 4. The van der Waals surface area contributed by atoms with Crippen LogP contribution in [0, 0.1) is 23.1 Å². The van der Waals surface area contributed by atoms with Gasteiger partial charge in [-0.2, -0.15) is 0 Å². The Kier molecular flexibility index (Phi) is 28.6. The standard InChI is InChI=1S/C63H84FN7O15/c1-6-41-29-47(85-5)24-25-48(41)42-20-16-40(17-21-42)28-44(60(82)68-50(59(67)81)15-11-12-39-18-22-46(23-19-39)86-27-10-9-26-65)30-52(75)51(32-56(79)80)69-61(83)45(36-72)31-53(76)57(37(2)73)71-62(84)63(4,33-43-13-7-8-14-49(43)64)34-54(77)58(38(3)74)70-55(78)35-66/h7-8,13-14,16-25,29,37-38,44-45,50-51,57-58,72-74H,6,9-12,15,26-28,30-36,65-66H2,1-5H3,(H2,67,81)(H,68,82)(H,69,83)(H,70,78)(H,71,84)(H,79,80)/t37-,38-,44-,45+,50+,51+,57+,58+,63-/m1/s1. The zero-order chi connectivity index (χ0) is 63.7. The van der Waals surface area contributed by atoms with Gasteiger partial charge in [0.1, 0.15) is 35.4 Å². The number of unbranched alkanes of at least 4 members (excludes halogenated alkanes) is 1. The molecule has 0 fully saturated rings. The van der Waals surface area contributed by atoms with Gasteiger partial charge in [0.25, 0.3) is 0 Å². The Labute approximate surface area is 500 Å². The molecular weight excluding hydrogens is 1110 g/mol. The van der Waals surface area contributed by atoms with E-state index in [4.69, 9.17) is 26.7 Å². The van der Waals surface area contributed by atoms with Crippen molar-refractivity contribution in [2.45, 2.75) is 141 Å². The Morgan fingerprint density at radius 3 is 1.87 bits per heavy atom. The average Bonchev–Trinajstić information content (AvgIpc) is 2.89. The Morgan fingerprint density at radius 2 is 1.29 bits per heavy atom. The maximum Gasteiger partial charge on any atom is 0.305 e. The van der Waals surface area contributed by atoms with E-state index in [2.05, 4.69) is 21.3 Å². The molecule has 468 valence electrons. The van der Waals surface area contributed by atoms with Crippen LogP contribution in [0.25, 0.3) is 11.1 Å². The van der Waals surface area contributed by atoms with Gasteiger partial charge in [-0.1, -0.05) is 74.5 Å². The number of hydrogen-bond acceptors (Lipinski definition) is 16. The number of aliphatic carboxylic acids is 1. The van der Waals surface area contributed by atoms with E-state index in [0.717, 1.165) is 48.1 Å². The van der Waals surface area contributed by atoms with Gasteiger partial charge < -0.3 is 68.4 Å². The quantitative estimate of drug-likeness (QED) is 0.0286. The number of nitrogens with two attached hydrogens (primary N) is 3. The van der Waals surface area contributed by atoms with E-state index in [1.807, 2.05) is 61.5 Å². The molecule has 0 aromatic heterocycles. The minimum atomic E-state index is -1.94. The number of aliphatic hydroxyl groups is 3. The SMILES string of the molecule is CCc1cc(OC)ccc1-c1ccc(C[C@H](CC(=O)[C@H](CC(=O)O)NC(=O)[C@H](CO)CC(=O)[C@@H](NC(=O)[C@@](C)(CC(=O)[C@@H](NC(=O)CN)[C@@H](C)O)Cc2ccccc2F)[C@@H](C)O)C(=O)N[C@@H](CCCc2ccc(OCCCCN)cc2)C(N)=O)cc1. The van der Waals surface area contributed by atoms with Crippen molar-refractivity contribution < 1.29 is 77.4 Å². The molecule has 14 N–H and O–H groups in total. The second-order valence-electron chi connectivity index (χ2n) is 21.9. The number of Topliss-reactive ketones (excluding diaryl/α,β-unsaturated/α-hetero) is 3. The maximum absolute atomic E-state index is 15.1. The van der Waals surface area contributed by atoms with E-state index in [1.54, 1.807) is 19.2 Å². The number of benzene rings is 4. The van der Waals surface area contributed by atoms with E-state index in [-0.39, 0.29) is 18.4 Å². The fraction of sp³-hybridized carbons (Fsp3) is 0.476. The molecular formula is C63H84FN7O15. The molecule has 23 heteroatoms. The first-order chi connectivity index (χ1) is 40.9. The van der Waals surface area contributed by atoms with Gasteiger partial charge in [-0.15, -0.1) is 0 Å². The van der Waals surface area contributed by atoms with Crippen molar-refractivity contribution in [3.05, 3.63) is 119 Å². The van der Waals surface area contributed by atoms with Gasteiger partial charge in [0.05, 0.1) is 62.9 Å². The first-order valence-electron chi connectivity index (χ1n) is 28.8. The highest BCUT2D eigenvalue weighted by atomic mass is 19.1. The number of aliphatic hydroxyl groups excluding tert-OH is 3. The topological polar surface area (TPSA) is 379 Å². The lowest BCUT2D eigenvalue weighted by Crippen LogP contribution is -2.56. The number of amides is 5. The van der Waals surface area contributed by atoms with Crippen LogP contribution in [-0.4, -0.2) is 143 Å². The van der Waals surface area contributed by atoms with Crippen LogP contribution in [0.15, 0.2) is 91.0 Å². The highest BCUT2D eigenvalue weighted by Gasteiger charge is 2.42. The molecule has 4 aromatic rings. The largest absolute Gasteiger partial charge is 0.497 e. The van der Waals surface area contributed by atoms with Gasteiger partial charge >= 0.3 is 5.97 Å². The molecule has 4 rings (SSSR count). The summed E-state index contributed by atoms with van der Waals surface area (Å²) in [7, 11) is 1.57. The Morgan fingerprint density at radius 1 is 0.686 bits per heavy atom. The molecule has 0 unspecified atom stereocenters. The van der Waals surface area contributed by atoms with E-state index in [1.165, 1.54) is 32.0 Å². The summed E-state index contributed by atoms with van der Waals surface area (Å²) in [5.74, 6) is -11.4. The minimum Gasteiger partial charge on any atom is -0.497 e. The minimum absolute atomic E-state index is 0.0305. The van der Waals surface area contributed by atoms with E-state index in [0.29, 0.717) is 49.5 Å². The van der Waals surface area contributed by atoms with Crippen molar-refractivity contribution in [3.8, 4) is 22.6 Å². The fourth-order valence-electron chi connectivity index (χ4n) is 9.88. The van der Waals surface area contributed by atoms with Crippen molar-refractivity contribution in [3.63, 3.8) is 0 Å². The van der Waals surface area contributed by atoms with Crippen LogP contribution in [0.1, 0.15) is 101 Å². The third-order valence-electron chi connectivity index (χ3n) is 14.9. The first kappa shape index (κ1) is 70.5. The molecule has 0 spiro atoms. The van der Waals surface area contributed by atoms with Gasteiger partial charge in [0.2, 0.25) is 29.5 Å². The second kappa shape index (κ2) is 34.9. The summed E-state index contributed by atoms with van der Waals surface area (Å²) in [6.07, 6.45) is -3.73. The van der Waals surface area contributed by atoms with Crippen LogP contribution < -0.4 is 47.9 Å². The average molecular weight is 1200 g/mol. The summed E-state index contributed by atoms with van der Waals surface area (Å²) in [6, 6.07) is 19.2. The predicted octanol–water partition coefficient (Wildman–Crippen LogP) is 2.72. The Balaban J connectivity index is 1.58. The zero-order valence-corrected chi connectivity index (χ0v) is 49.5. The number of carbonyl (C=O) groups is 9. The Hall–Kier alpha value is -7.96. The first-order valence-corrected chi connectivity index (χ1v) is 28.8. The third kappa shape index (κ3) is 21.8. The summed E-state index contributed by atoms with van der Waals surface area (Å²) in [5.41, 5.74) is 19.1. The number of halogens is 1. The number of hydrogen-bond donors (Lipinski definition) is 11. The summed E-state index contributed by atoms with van der Waals surface area (Å²) >= 11 is 0. The predicted molar refractivity (Wildman–Crippen MR) is 317 cm³/mol. The number of carboxylic acids is 1. The smallest absolute Gasteiger partial charge is 0.305 e. The van der Waals surface area contributed by atoms with Crippen LogP contribution in [0.2, 0.25) is 0 Å². The number of carbonyl (C=O) groups excluding carboxylic acids is 8. The van der Waals surface area contributed by atoms with Crippen LogP contribution in [0.4, 0.5) is 4.39 Å². The van der Waals surface area contributed by atoms with Gasteiger partial charge in [-0.05, 0) is 135 Å². The van der Waals surface area contributed by atoms with Crippen LogP contribution in [0.3, 0.4) is 0 Å². The summed E-state index contributed by atoms with van der Waals surface area (Å²) in [4.78, 5) is 122. The molecule has 0 heterocycles. The number of aryl methyl sites for hydroxylation is 2. The Bertz CT molecular complexity index is 2940. The van der Waals surface area contributed by atoms with Gasteiger partial charge in [0, 0.05) is 25.2 Å². The number of rotatable bonds is 39. The second-order valence-corrected chi connectivity index (χ2v) is 21.9. The highest BCUT2D eigenvalue weighted by Crippen LogP contribution is 2.32. The number of ketones is 3. The lowest BCUT2D eigenvalue weighted by molar-refractivity contribution is -0.142. The number of carboxylic acid groups (broad SMARTS) is 1. The highest BCUT2D eigenvalue weighted by molar-refractivity contribution is 5.99. The summed E-state index contributed by atoms with van der Waals surface area (Å²) in [6.45, 7) is 5.08. The monoisotopic (exact) mass is 1200 g/mol. The van der Waals surface area contributed by atoms with Gasteiger partial charge in [-0.25, -0.2) is 4.39 Å². The molecule has 5 amide bonds. The van der Waals surface area contributed by atoms with Crippen molar-refractivity contribution in [1.82, 2.24) is 21.3 Å². The van der Waals surface area contributed by atoms with Crippen molar-refractivity contribution in [1.29, 1.82) is 0 Å². The molecule has 4 aromatic carbocycles. The molecule has 0 saturated carbocycles. The fourth-order valence-corrected chi connectivity index (χ4v) is 9.88. The third-order valence-corrected chi connectivity index (χ3v) is 14.9. The molecule has 86 heavy (non-hydrogen) atoms. The summed E-state index contributed by atoms with van der Waals surface area (Å²) < 4.78 is 26.3. The lowest BCUT2D eigenvalue weighted by Gasteiger charge is -2.33. The summed E-state index contributed by atoms with van der Waals surface area (Å²) in [5, 5.41) is 51.5. The number of primary amides is 1. The van der Waals surface area contributed by atoms with Crippen LogP contribution in [-0.2, 0) is 68.8 Å². The molecule has 0 saturated heterocycles. The van der Waals surface area contributed by atoms with Crippen molar-refractivity contribution in [2.75, 3.05) is 33.4 Å². The molecule has 9 atom stereocenters.